The lowest BCUT2D eigenvalue weighted by Gasteiger charge is -2.40. The van der Waals surface area contributed by atoms with Crippen LogP contribution in [0.15, 0.2) is 36.4 Å². The number of nitrogens with zero attached hydrogens (tertiary/aromatic N) is 3. The molecule has 2 saturated heterocycles. The average Bonchev–Trinajstić information content (AvgIpc) is 3.47. The van der Waals surface area contributed by atoms with Crippen molar-refractivity contribution in [1.29, 1.82) is 0 Å². The summed E-state index contributed by atoms with van der Waals surface area (Å²) in [5, 5.41) is 5.10. The number of fused-ring (bicyclic) bond motifs is 1. The van der Waals surface area contributed by atoms with E-state index in [1.807, 2.05) is 0 Å². The van der Waals surface area contributed by atoms with Crippen molar-refractivity contribution in [2.45, 2.75) is 69.6 Å². The molecule has 2 N–H and O–H groups in total. The normalized spacial score (nSPS) is 23.7. The molecule has 4 aliphatic rings. The minimum absolute atomic E-state index is 0.00396. The summed E-state index contributed by atoms with van der Waals surface area (Å²) in [6.45, 7) is 5.48. The number of methoxy groups -OCH3 is 1. The topological polar surface area (TPSA) is 94.2 Å². The number of benzene rings is 2. The van der Waals surface area contributed by atoms with Gasteiger partial charge in [-0.15, -0.1) is 0 Å². The Morgan fingerprint density at radius 1 is 0.952 bits per heavy atom. The molecule has 3 heterocycles. The largest absolute Gasteiger partial charge is 0.494 e. The van der Waals surface area contributed by atoms with Crippen LogP contribution < -0.4 is 15.4 Å². The molecule has 0 spiro atoms. The average molecular weight is 578 g/mol. The minimum Gasteiger partial charge on any atom is -0.494 e. The molecule has 3 aliphatic heterocycles. The first kappa shape index (κ1) is 28.6. The van der Waals surface area contributed by atoms with Crippen LogP contribution in [0.3, 0.4) is 0 Å². The van der Waals surface area contributed by atoms with Gasteiger partial charge in [-0.25, -0.2) is 9.18 Å². The molecule has 0 unspecified atom stereocenters. The maximum Gasteiger partial charge on any atom is 0.322 e. The second-order valence-electron chi connectivity index (χ2n) is 12.2. The number of imide groups is 1. The summed E-state index contributed by atoms with van der Waals surface area (Å²) in [5.41, 5.74) is 1.49. The van der Waals surface area contributed by atoms with Crippen LogP contribution in [0.2, 0.25) is 0 Å². The van der Waals surface area contributed by atoms with Gasteiger partial charge in [0.1, 0.15) is 5.54 Å². The van der Waals surface area contributed by atoms with Gasteiger partial charge >= 0.3 is 6.03 Å². The van der Waals surface area contributed by atoms with Crippen molar-refractivity contribution in [1.82, 2.24) is 25.3 Å². The third kappa shape index (κ3) is 5.74. The first-order valence-corrected chi connectivity index (χ1v) is 15.2. The van der Waals surface area contributed by atoms with E-state index in [1.54, 1.807) is 6.07 Å². The lowest BCUT2D eigenvalue weighted by Crippen LogP contribution is -2.55. The van der Waals surface area contributed by atoms with Crippen molar-refractivity contribution in [3.63, 3.8) is 0 Å². The fourth-order valence-corrected chi connectivity index (χ4v) is 7.06. The summed E-state index contributed by atoms with van der Waals surface area (Å²) >= 11 is 0. The summed E-state index contributed by atoms with van der Waals surface area (Å²) in [5.74, 6) is -1.70. The number of aryl methyl sites for hydroxylation is 1. The summed E-state index contributed by atoms with van der Waals surface area (Å²) in [6.07, 6.45) is 7.67. The van der Waals surface area contributed by atoms with Gasteiger partial charge in [0, 0.05) is 45.3 Å². The number of rotatable bonds is 9. The fraction of sp³-hybridized carbons (Fsp3) is 0.531. The van der Waals surface area contributed by atoms with E-state index in [4.69, 9.17) is 4.74 Å². The van der Waals surface area contributed by atoms with Gasteiger partial charge < -0.3 is 15.0 Å². The Morgan fingerprint density at radius 2 is 1.67 bits per heavy atom. The Balaban J connectivity index is 1.06. The standard InChI is InChI=1S/C32H40FN5O4/c1-42-26-12-11-24-20-38(29(39)27(24)28(26)33)21-32(30(40)34-31(41)35-32)14-13-22-7-9-23(10-8-22)19-36-15-17-37(18-16-36)25-5-3-2-4-6-25/h7-12,25H,2-6,13-21H2,1H3,(H2,34,35,40,41)/t32-/m0/s1. The van der Waals surface area contributed by atoms with E-state index >= 15 is 0 Å². The molecule has 42 heavy (non-hydrogen) atoms. The summed E-state index contributed by atoms with van der Waals surface area (Å²) in [7, 11) is 1.35. The Morgan fingerprint density at radius 3 is 2.33 bits per heavy atom. The molecule has 4 amide bonds. The van der Waals surface area contributed by atoms with E-state index in [9.17, 15) is 18.8 Å². The maximum absolute atomic E-state index is 14.9. The first-order chi connectivity index (χ1) is 20.3. The molecule has 0 aromatic heterocycles. The molecule has 10 heteroatoms. The third-order valence-corrected chi connectivity index (χ3v) is 9.52. The lowest BCUT2D eigenvalue weighted by atomic mass is 9.90. The molecule has 6 rings (SSSR count). The van der Waals surface area contributed by atoms with Gasteiger partial charge in [-0.1, -0.05) is 49.6 Å². The number of hydrogen-bond donors (Lipinski definition) is 2. The smallest absolute Gasteiger partial charge is 0.322 e. The summed E-state index contributed by atoms with van der Waals surface area (Å²) in [4.78, 5) is 45.0. The summed E-state index contributed by atoms with van der Waals surface area (Å²) < 4.78 is 19.9. The number of nitrogens with one attached hydrogen (secondary N) is 2. The molecule has 0 bridgehead atoms. The van der Waals surface area contributed by atoms with Gasteiger partial charge in [-0.3, -0.25) is 24.7 Å². The molecule has 0 radical (unpaired) electrons. The highest BCUT2D eigenvalue weighted by Crippen LogP contribution is 2.33. The van der Waals surface area contributed by atoms with Crippen LogP contribution in [0.4, 0.5) is 9.18 Å². The van der Waals surface area contributed by atoms with Crippen molar-refractivity contribution in [3.8, 4) is 5.75 Å². The highest BCUT2D eigenvalue weighted by atomic mass is 19.1. The van der Waals surface area contributed by atoms with Gasteiger partial charge in [-0.05, 0) is 48.4 Å². The van der Waals surface area contributed by atoms with E-state index in [0.717, 1.165) is 44.3 Å². The third-order valence-electron chi connectivity index (χ3n) is 9.52. The number of halogens is 1. The molecule has 1 atom stereocenters. The Labute approximate surface area is 246 Å². The van der Waals surface area contributed by atoms with Crippen LogP contribution in [0, 0.1) is 5.82 Å². The molecular weight excluding hydrogens is 537 g/mol. The quantitative estimate of drug-likeness (QED) is 0.444. The van der Waals surface area contributed by atoms with Gasteiger partial charge in [0.05, 0.1) is 19.2 Å². The van der Waals surface area contributed by atoms with E-state index in [2.05, 4.69) is 44.7 Å². The predicted molar refractivity (Wildman–Crippen MR) is 156 cm³/mol. The van der Waals surface area contributed by atoms with Gasteiger partial charge in [0.15, 0.2) is 11.6 Å². The molecule has 3 fully saturated rings. The van der Waals surface area contributed by atoms with Crippen LogP contribution in [0.5, 0.6) is 5.75 Å². The Kier molecular flexibility index (Phi) is 8.18. The number of piperazine rings is 1. The van der Waals surface area contributed by atoms with Crippen LogP contribution in [-0.2, 0) is 24.3 Å². The Hall–Kier alpha value is -3.50. The van der Waals surface area contributed by atoms with Gasteiger partial charge in [-0.2, -0.15) is 0 Å². The second-order valence-corrected chi connectivity index (χ2v) is 12.2. The molecule has 2 aromatic carbocycles. The number of urea groups is 1. The van der Waals surface area contributed by atoms with Crippen molar-refractivity contribution < 1.29 is 23.5 Å². The summed E-state index contributed by atoms with van der Waals surface area (Å²) in [6, 6.07) is 11.8. The number of carbonyl (C=O) groups is 3. The zero-order valence-corrected chi connectivity index (χ0v) is 24.3. The minimum atomic E-state index is -1.30. The second kappa shape index (κ2) is 12.0. The highest BCUT2D eigenvalue weighted by molar-refractivity contribution is 6.08. The van der Waals surface area contributed by atoms with Crippen LogP contribution in [-0.4, -0.2) is 84.0 Å². The van der Waals surface area contributed by atoms with E-state index in [-0.39, 0.29) is 24.4 Å². The maximum atomic E-state index is 14.9. The molecule has 2 aromatic rings. The highest BCUT2D eigenvalue weighted by Gasteiger charge is 2.49. The van der Waals surface area contributed by atoms with Crippen molar-refractivity contribution in [2.24, 2.45) is 0 Å². The van der Waals surface area contributed by atoms with E-state index < -0.39 is 29.2 Å². The molecule has 224 valence electrons. The zero-order valence-electron chi connectivity index (χ0n) is 24.3. The van der Waals surface area contributed by atoms with Gasteiger partial charge in [0.25, 0.3) is 11.8 Å². The number of amides is 4. The van der Waals surface area contributed by atoms with Crippen molar-refractivity contribution in [2.75, 3.05) is 39.8 Å². The van der Waals surface area contributed by atoms with E-state index in [1.165, 1.54) is 55.7 Å². The molecule has 1 saturated carbocycles. The predicted octanol–water partition coefficient (Wildman–Crippen LogP) is 3.45. The molecule has 1 aliphatic carbocycles. The van der Waals surface area contributed by atoms with Crippen LogP contribution in [0.25, 0.3) is 0 Å². The van der Waals surface area contributed by atoms with Crippen LogP contribution >= 0.6 is 0 Å². The Bertz CT molecular complexity index is 1340. The van der Waals surface area contributed by atoms with E-state index in [0.29, 0.717) is 18.4 Å². The molecule has 9 nitrogen and oxygen atoms in total. The lowest BCUT2D eigenvalue weighted by molar-refractivity contribution is -0.124. The zero-order chi connectivity index (χ0) is 29.3. The van der Waals surface area contributed by atoms with Crippen molar-refractivity contribution in [3.05, 3.63) is 64.5 Å². The molecular formula is C32H40FN5O4. The fourth-order valence-electron chi connectivity index (χ4n) is 7.06. The van der Waals surface area contributed by atoms with Gasteiger partial charge in [0.2, 0.25) is 0 Å². The number of ether oxygens (including phenoxy) is 1. The van der Waals surface area contributed by atoms with Crippen molar-refractivity contribution >= 4 is 17.8 Å². The van der Waals surface area contributed by atoms with Crippen LogP contribution in [0.1, 0.15) is 65.6 Å². The first-order valence-electron chi connectivity index (χ1n) is 15.2. The number of hydrogen-bond acceptors (Lipinski definition) is 6. The monoisotopic (exact) mass is 577 g/mol. The number of carbonyl (C=O) groups excluding carboxylic acids is 3. The SMILES string of the molecule is COc1ccc2c(c1F)C(=O)N(C[C@]1(CCc3ccc(CN4CCN(C5CCCCC5)CC4)cc3)NC(=O)NC1=O)C2.